The molecule has 0 radical (unpaired) electrons. The molecule has 0 aliphatic heterocycles. The number of ether oxygens (including phenoxy) is 1. The fraction of sp³-hybridized carbons (Fsp3) is 0.600. The van der Waals surface area contributed by atoms with E-state index in [0.29, 0.717) is 0 Å². The predicted molar refractivity (Wildman–Crippen MR) is 62.0 cm³/mol. The number of nitrogens with two attached hydrogens (primary N) is 1. The van der Waals surface area contributed by atoms with Gasteiger partial charge < -0.3 is 10.5 Å². The van der Waals surface area contributed by atoms with E-state index in [4.69, 9.17) is 22.1 Å². The molecule has 2 N–H and O–H groups in total. The maximum absolute atomic E-state index is 6.13. The zero-order chi connectivity index (χ0) is 10.8. The van der Waals surface area contributed by atoms with Crippen molar-refractivity contribution < 1.29 is 4.74 Å². The van der Waals surface area contributed by atoms with Gasteiger partial charge in [0.2, 0.25) is 0 Å². The molecule has 0 aromatic carbocycles. The van der Waals surface area contributed by atoms with Crippen LogP contribution in [-0.4, -0.2) is 12.7 Å². The maximum Gasteiger partial charge on any atom is 0.0931 e. The van der Waals surface area contributed by atoms with Crippen molar-refractivity contribution in [1.29, 1.82) is 0 Å². The van der Waals surface area contributed by atoms with Gasteiger partial charge in [0.1, 0.15) is 0 Å². The van der Waals surface area contributed by atoms with Crippen molar-refractivity contribution in [2.24, 2.45) is 5.73 Å². The summed E-state index contributed by atoms with van der Waals surface area (Å²) >= 11 is 7.38. The maximum atomic E-state index is 6.13. The van der Waals surface area contributed by atoms with Crippen molar-refractivity contribution >= 4 is 22.9 Å². The number of hydrogen-bond donors (Lipinski definition) is 1. The van der Waals surface area contributed by atoms with Crippen LogP contribution in [0.4, 0.5) is 0 Å². The molecule has 0 fully saturated rings. The SMILES string of the molecule is CCC(C)(OC)C(N)c1ccc(Cl)s1. The lowest BCUT2D eigenvalue weighted by Gasteiger charge is -2.32. The molecule has 0 amide bonds. The van der Waals surface area contributed by atoms with E-state index in [1.165, 1.54) is 11.3 Å². The van der Waals surface area contributed by atoms with Crippen molar-refractivity contribution in [3.05, 3.63) is 21.3 Å². The van der Waals surface area contributed by atoms with Crippen LogP contribution in [0, 0.1) is 0 Å². The molecule has 1 heterocycles. The van der Waals surface area contributed by atoms with Crippen LogP contribution in [0.15, 0.2) is 12.1 Å². The Morgan fingerprint density at radius 2 is 2.29 bits per heavy atom. The van der Waals surface area contributed by atoms with Crippen molar-refractivity contribution in [2.45, 2.75) is 31.9 Å². The van der Waals surface area contributed by atoms with Gasteiger partial charge >= 0.3 is 0 Å². The van der Waals surface area contributed by atoms with Gasteiger partial charge in [0.05, 0.1) is 16.0 Å². The first-order valence-corrected chi connectivity index (χ1v) is 5.79. The Labute approximate surface area is 94.0 Å². The molecule has 1 aromatic heterocycles. The quantitative estimate of drug-likeness (QED) is 0.867. The van der Waals surface area contributed by atoms with E-state index < -0.39 is 0 Å². The number of methoxy groups -OCH3 is 1. The van der Waals surface area contributed by atoms with Gasteiger partial charge in [-0.3, -0.25) is 0 Å². The van der Waals surface area contributed by atoms with Gasteiger partial charge in [-0.05, 0) is 25.5 Å². The van der Waals surface area contributed by atoms with Gasteiger partial charge in [-0.15, -0.1) is 11.3 Å². The Hall–Kier alpha value is -0.0900. The Morgan fingerprint density at radius 1 is 1.64 bits per heavy atom. The topological polar surface area (TPSA) is 35.2 Å². The summed E-state index contributed by atoms with van der Waals surface area (Å²) in [5.74, 6) is 0. The molecule has 0 spiro atoms. The zero-order valence-corrected chi connectivity index (χ0v) is 10.3. The van der Waals surface area contributed by atoms with Gasteiger partial charge in [0.15, 0.2) is 0 Å². The molecule has 1 rings (SSSR count). The average molecular weight is 234 g/mol. The van der Waals surface area contributed by atoms with Crippen LogP contribution in [0.25, 0.3) is 0 Å². The second kappa shape index (κ2) is 4.62. The minimum absolute atomic E-state index is 0.116. The van der Waals surface area contributed by atoms with E-state index in [9.17, 15) is 0 Å². The summed E-state index contributed by atoms with van der Waals surface area (Å²) in [6, 6.07) is 3.72. The van der Waals surface area contributed by atoms with Gasteiger partial charge in [0.25, 0.3) is 0 Å². The molecule has 0 aliphatic rings. The normalized spacial score (nSPS) is 17.8. The Balaban J connectivity index is 2.88. The molecule has 14 heavy (non-hydrogen) atoms. The van der Waals surface area contributed by atoms with E-state index in [-0.39, 0.29) is 11.6 Å². The summed E-state index contributed by atoms with van der Waals surface area (Å²) in [7, 11) is 1.69. The average Bonchev–Trinajstić information content (AvgIpc) is 2.62. The summed E-state index contributed by atoms with van der Waals surface area (Å²) in [4.78, 5) is 1.07. The minimum atomic E-state index is -0.311. The molecule has 2 unspecified atom stereocenters. The van der Waals surface area contributed by atoms with Crippen molar-refractivity contribution in [3.8, 4) is 0 Å². The lowest BCUT2D eigenvalue weighted by Crippen LogP contribution is -2.39. The molecule has 4 heteroatoms. The van der Waals surface area contributed by atoms with Crippen LogP contribution in [0.3, 0.4) is 0 Å². The predicted octanol–water partition coefficient (Wildman–Crippen LogP) is 3.22. The molecule has 0 saturated heterocycles. The summed E-state index contributed by atoms with van der Waals surface area (Å²) in [6.45, 7) is 4.09. The summed E-state index contributed by atoms with van der Waals surface area (Å²) < 4.78 is 6.22. The van der Waals surface area contributed by atoms with Crippen LogP contribution >= 0.6 is 22.9 Å². The highest BCUT2D eigenvalue weighted by Crippen LogP contribution is 2.34. The van der Waals surface area contributed by atoms with Crippen molar-refractivity contribution in [1.82, 2.24) is 0 Å². The molecule has 1 aromatic rings. The molecule has 0 saturated carbocycles. The molecular formula is C10H16ClNOS. The lowest BCUT2D eigenvalue weighted by molar-refractivity contribution is -0.0186. The summed E-state index contributed by atoms with van der Waals surface area (Å²) in [5.41, 5.74) is 5.82. The van der Waals surface area contributed by atoms with Gasteiger partial charge in [0, 0.05) is 12.0 Å². The van der Waals surface area contributed by atoms with Gasteiger partial charge in [-0.1, -0.05) is 18.5 Å². The number of hydrogen-bond acceptors (Lipinski definition) is 3. The van der Waals surface area contributed by atoms with E-state index in [0.717, 1.165) is 15.6 Å². The highest BCUT2D eigenvalue weighted by atomic mass is 35.5. The number of halogens is 1. The third-order valence-electron chi connectivity index (χ3n) is 2.73. The van der Waals surface area contributed by atoms with E-state index in [1.54, 1.807) is 7.11 Å². The zero-order valence-electron chi connectivity index (χ0n) is 8.71. The molecule has 2 atom stereocenters. The fourth-order valence-electron chi connectivity index (χ4n) is 1.29. The van der Waals surface area contributed by atoms with Crippen LogP contribution in [0.1, 0.15) is 31.2 Å². The molecule has 0 bridgehead atoms. The summed E-state index contributed by atoms with van der Waals surface area (Å²) in [6.07, 6.45) is 0.875. The summed E-state index contributed by atoms with van der Waals surface area (Å²) in [5, 5.41) is 0. The second-order valence-corrected chi connectivity index (χ2v) is 5.24. The fourth-order valence-corrected chi connectivity index (χ4v) is 2.49. The standard InChI is InChI=1S/C10H16ClNOS/c1-4-10(2,13-3)9(12)7-5-6-8(11)14-7/h5-6,9H,4,12H2,1-3H3. The van der Waals surface area contributed by atoms with E-state index >= 15 is 0 Å². The highest BCUT2D eigenvalue weighted by Gasteiger charge is 2.31. The Morgan fingerprint density at radius 3 is 2.64 bits per heavy atom. The van der Waals surface area contributed by atoms with Crippen molar-refractivity contribution in [2.75, 3.05) is 7.11 Å². The third kappa shape index (κ3) is 2.28. The van der Waals surface area contributed by atoms with Crippen LogP contribution < -0.4 is 5.73 Å². The number of thiophene rings is 1. The Kier molecular flexibility index (Phi) is 3.95. The molecule has 2 nitrogen and oxygen atoms in total. The first-order valence-electron chi connectivity index (χ1n) is 4.59. The van der Waals surface area contributed by atoms with Crippen LogP contribution in [0.2, 0.25) is 4.34 Å². The number of rotatable bonds is 4. The molecule has 80 valence electrons. The second-order valence-electron chi connectivity index (χ2n) is 3.49. The molecule has 0 aliphatic carbocycles. The lowest BCUT2D eigenvalue weighted by atomic mass is 9.93. The van der Waals surface area contributed by atoms with Crippen LogP contribution in [-0.2, 0) is 4.74 Å². The van der Waals surface area contributed by atoms with Gasteiger partial charge in [-0.2, -0.15) is 0 Å². The van der Waals surface area contributed by atoms with E-state index in [2.05, 4.69) is 6.92 Å². The molecular weight excluding hydrogens is 218 g/mol. The minimum Gasteiger partial charge on any atom is -0.377 e. The monoisotopic (exact) mass is 233 g/mol. The van der Waals surface area contributed by atoms with Crippen molar-refractivity contribution in [3.63, 3.8) is 0 Å². The highest BCUT2D eigenvalue weighted by molar-refractivity contribution is 7.16. The van der Waals surface area contributed by atoms with Gasteiger partial charge in [-0.25, -0.2) is 0 Å². The first-order chi connectivity index (χ1) is 6.53. The smallest absolute Gasteiger partial charge is 0.0931 e. The first kappa shape index (κ1) is 12.0. The van der Waals surface area contributed by atoms with Crippen LogP contribution in [0.5, 0.6) is 0 Å². The largest absolute Gasteiger partial charge is 0.377 e. The van der Waals surface area contributed by atoms with E-state index in [1.807, 2.05) is 19.1 Å². The Bertz CT molecular complexity index is 296. The third-order valence-corrected chi connectivity index (χ3v) is 4.04.